The Bertz CT molecular complexity index is 364. The second kappa shape index (κ2) is 6.00. The van der Waals surface area contributed by atoms with Crippen molar-refractivity contribution in [2.75, 3.05) is 13.2 Å². The van der Waals surface area contributed by atoms with Gasteiger partial charge in [-0.15, -0.1) is 0 Å². The fourth-order valence-corrected chi connectivity index (χ4v) is 1.28. The second-order valence-electron chi connectivity index (χ2n) is 3.36. The summed E-state index contributed by atoms with van der Waals surface area (Å²) in [5, 5.41) is 7.36. The van der Waals surface area contributed by atoms with Gasteiger partial charge in [0, 0.05) is 5.56 Å². The predicted octanol–water partition coefficient (Wildman–Crippen LogP) is 2.16. The number of nitrogens with one attached hydrogen (secondary N) is 1. The Kier molecular flexibility index (Phi) is 4.64. The summed E-state index contributed by atoms with van der Waals surface area (Å²) in [7, 11) is 0. The van der Waals surface area contributed by atoms with Crippen LogP contribution in [0.15, 0.2) is 18.2 Å². The van der Waals surface area contributed by atoms with Gasteiger partial charge in [-0.25, -0.2) is 0 Å². The molecule has 0 aliphatic carbocycles. The molecule has 0 amide bonds. The molecule has 0 saturated heterocycles. The number of benzene rings is 1. The van der Waals surface area contributed by atoms with Crippen LogP contribution in [-0.2, 0) is 0 Å². The normalized spacial score (nSPS) is 9.88. The van der Waals surface area contributed by atoms with Crippen LogP contribution in [-0.4, -0.2) is 19.0 Å². The minimum Gasteiger partial charge on any atom is -0.490 e. The van der Waals surface area contributed by atoms with Crippen molar-refractivity contribution in [3.63, 3.8) is 0 Å². The highest BCUT2D eigenvalue weighted by Gasteiger charge is 2.07. The lowest BCUT2D eigenvalue weighted by molar-refractivity contribution is 0.277. The summed E-state index contributed by atoms with van der Waals surface area (Å²) in [6, 6.07) is 5.28. The first kappa shape index (κ1) is 12.4. The second-order valence-corrected chi connectivity index (χ2v) is 3.36. The molecular weight excluding hydrogens is 204 g/mol. The molecule has 4 heteroatoms. The third-order valence-corrected chi connectivity index (χ3v) is 2.02. The van der Waals surface area contributed by atoms with Gasteiger partial charge in [-0.1, -0.05) is 6.92 Å². The molecule has 0 aliphatic heterocycles. The lowest BCUT2D eigenvalue weighted by atomic mass is 10.2. The van der Waals surface area contributed by atoms with Crippen LogP contribution in [0.3, 0.4) is 0 Å². The summed E-state index contributed by atoms with van der Waals surface area (Å²) >= 11 is 0. The highest BCUT2D eigenvalue weighted by molar-refractivity contribution is 5.95. The van der Waals surface area contributed by atoms with Crippen molar-refractivity contribution in [1.29, 1.82) is 5.41 Å². The van der Waals surface area contributed by atoms with E-state index in [0.29, 0.717) is 30.3 Å². The van der Waals surface area contributed by atoms with Crippen molar-refractivity contribution in [3.8, 4) is 11.5 Å². The Morgan fingerprint density at radius 2 is 2.00 bits per heavy atom. The lowest BCUT2D eigenvalue weighted by Crippen LogP contribution is -2.11. The molecule has 0 saturated carbocycles. The zero-order valence-corrected chi connectivity index (χ0v) is 9.75. The van der Waals surface area contributed by atoms with Gasteiger partial charge in [0.15, 0.2) is 11.5 Å². The maximum atomic E-state index is 7.36. The zero-order chi connectivity index (χ0) is 12.0. The van der Waals surface area contributed by atoms with Gasteiger partial charge in [0.05, 0.1) is 13.2 Å². The summed E-state index contributed by atoms with van der Waals surface area (Å²) in [6.45, 7) is 5.17. The molecule has 0 radical (unpaired) electrons. The number of nitrogens with two attached hydrogens (primary N) is 1. The average molecular weight is 222 g/mol. The molecule has 4 nitrogen and oxygen atoms in total. The lowest BCUT2D eigenvalue weighted by Gasteiger charge is -2.12. The van der Waals surface area contributed by atoms with E-state index in [-0.39, 0.29) is 5.84 Å². The van der Waals surface area contributed by atoms with Gasteiger partial charge in [-0.05, 0) is 31.5 Å². The van der Waals surface area contributed by atoms with Gasteiger partial charge in [-0.2, -0.15) is 0 Å². The maximum Gasteiger partial charge on any atom is 0.161 e. The smallest absolute Gasteiger partial charge is 0.161 e. The van der Waals surface area contributed by atoms with Crippen molar-refractivity contribution in [3.05, 3.63) is 23.8 Å². The summed E-state index contributed by atoms with van der Waals surface area (Å²) in [4.78, 5) is 0. The minimum absolute atomic E-state index is 0.0318. The van der Waals surface area contributed by atoms with E-state index in [9.17, 15) is 0 Å². The largest absolute Gasteiger partial charge is 0.490 e. The quantitative estimate of drug-likeness (QED) is 0.572. The first-order valence-corrected chi connectivity index (χ1v) is 5.43. The molecule has 0 bridgehead atoms. The van der Waals surface area contributed by atoms with Crippen LogP contribution >= 0.6 is 0 Å². The fraction of sp³-hybridized carbons (Fsp3) is 0.417. The monoisotopic (exact) mass is 222 g/mol. The van der Waals surface area contributed by atoms with Crippen molar-refractivity contribution >= 4 is 5.84 Å². The van der Waals surface area contributed by atoms with Crippen LogP contribution in [0.2, 0.25) is 0 Å². The van der Waals surface area contributed by atoms with Crippen LogP contribution in [0.5, 0.6) is 11.5 Å². The first-order chi connectivity index (χ1) is 7.69. The van der Waals surface area contributed by atoms with Crippen LogP contribution in [0.25, 0.3) is 0 Å². The number of hydrogen-bond donors (Lipinski definition) is 2. The van der Waals surface area contributed by atoms with E-state index in [1.807, 2.05) is 13.8 Å². The van der Waals surface area contributed by atoms with Crippen molar-refractivity contribution in [2.45, 2.75) is 20.3 Å². The van der Waals surface area contributed by atoms with Gasteiger partial charge in [-0.3, -0.25) is 5.41 Å². The van der Waals surface area contributed by atoms with Crippen molar-refractivity contribution in [2.24, 2.45) is 5.73 Å². The molecule has 1 aromatic carbocycles. The van der Waals surface area contributed by atoms with Gasteiger partial charge in [0.25, 0.3) is 0 Å². The van der Waals surface area contributed by atoms with Gasteiger partial charge in [0.1, 0.15) is 5.84 Å². The van der Waals surface area contributed by atoms with E-state index in [0.717, 1.165) is 6.42 Å². The van der Waals surface area contributed by atoms with Gasteiger partial charge < -0.3 is 15.2 Å². The van der Waals surface area contributed by atoms with E-state index >= 15 is 0 Å². The molecule has 1 rings (SSSR count). The topological polar surface area (TPSA) is 68.3 Å². The van der Waals surface area contributed by atoms with E-state index < -0.39 is 0 Å². The van der Waals surface area contributed by atoms with Crippen molar-refractivity contribution in [1.82, 2.24) is 0 Å². The third-order valence-electron chi connectivity index (χ3n) is 2.02. The number of hydrogen-bond acceptors (Lipinski definition) is 3. The van der Waals surface area contributed by atoms with Crippen LogP contribution in [0.4, 0.5) is 0 Å². The SMILES string of the molecule is CCCOc1cc(C(=N)N)ccc1OCC. The molecule has 0 aliphatic rings. The Labute approximate surface area is 95.9 Å². The molecule has 0 spiro atoms. The van der Waals surface area contributed by atoms with Crippen LogP contribution < -0.4 is 15.2 Å². The highest BCUT2D eigenvalue weighted by Crippen LogP contribution is 2.28. The zero-order valence-electron chi connectivity index (χ0n) is 9.75. The number of ether oxygens (including phenoxy) is 2. The summed E-state index contributed by atoms with van der Waals surface area (Å²) in [6.07, 6.45) is 0.926. The Morgan fingerprint density at radius 3 is 2.56 bits per heavy atom. The van der Waals surface area contributed by atoms with Gasteiger partial charge >= 0.3 is 0 Å². The predicted molar refractivity (Wildman–Crippen MR) is 64.4 cm³/mol. The van der Waals surface area contributed by atoms with E-state index in [4.69, 9.17) is 20.6 Å². The molecule has 0 atom stereocenters. The standard InChI is InChI=1S/C12H18N2O2/c1-3-7-16-11-8-9(12(13)14)5-6-10(11)15-4-2/h5-6,8H,3-4,7H2,1-2H3,(H3,13,14). The number of nitrogen functional groups attached to an aromatic ring is 1. The summed E-state index contributed by atoms with van der Waals surface area (Å²) in [5.74, 6) is 1.38. The molecule has 3 N–H and O–H groups in total. The molecule has 0 aromatic heterocycles. The first-order valence-electron chi connectivity index (χ1n) is 5.43. The molecule has 88 valence electrons. The van der Waals surface area contributed by atoms with E-state index in [1.54, 1.807) is 18.2 Å². The molecule has 0 unspecified atom stereocenters. The third kappa shape index (κ3) is 3.15. The Hall–Kier alpha value is -1.71. The van der Waals surface area contributed by atoms with Crippen molar-refractivity contribution < 1.29 is 9.47 Å². The molecule has 16 heavy (non-hydrogen) atoms. The minimum atomic E-state index is 0.0318. The Balaban J connectivity index is 2.95. The average Bonchev–Trinajstić information content (AvgIpc) is 2.27. The summed E-state index contributed by atoms with van der Waals surface area (Å²) < 4.78 is 11.0. The molecule has 0 fully saturated rings. The van der Waals surface area contributed by atoms with E-state index in [1.165, 1.54) is 0 Å². The van der Waals surface area contributed by atoms with Crippen LogP contribution in [0.1, 0.15) is 25.8 Å². The Morgan fingerprint density at radius 1 is 1.25 bits per heavy atom. The molecular formula is C12H18N2O2. The van der Waals surface area contributed by atoms with Gasteiger partial charge in [0.2, 0.25) is 0 Å². The molecule has 1 aromatic rings. The molecule has 0 heterocycles. The maximum absolute atomic E-state index is 7.36. The summed E-state index contributed by atoms with van der Waals surface area (Å²) in [5.41, 5.74) is 6.07. The number of rotatable bonds is 6. The van der Waals surface area contributed by atoms with E-state index in [2.05, 4.69) is 0 Å². The fourth-order valence-electron chi connectivity index (χ4n) is 1.28. The number of amidine groups is 1. The highest BCUT2D eigenvalue weighted by atomic mass is 16.5. The van der Waals surface area contributed by atoms with Crippen LogP contribution in [0, 0.1) is 5.41 Å².